The quantitative estimate of drug-likeness (QED) is 0.384. The predicted octanol–water partition coefficient (Wildman–Crippen LogP) is 2.88. The van der Waals surface area contributed by atoms with Crippen LogP contribution in [0.2, 0.25) is 0 Å². The van der Waals surface area contributed by atoms with Gasteiger partial charge in [0, 0.05) is 19.1 Å². The lowest BCUT2D eigenvalue weighted by atomic mass is 9.93. The Balaban J connectivity index is 1.69. The molecular weight excluding hydrogens is 314 g/mol. The SMILES string of the molecule is CCNC(=NCCCCc1ccc(OC)cc1)NC1CCC(O)CC1. The predicted molar refractivity (Wildman–Crippen MR) is 103 cm³/mol. The molecule has 3 N–H and O–H groups in total. The third-order valence-electron chi connectivity index (χ3n) is 4.68. The van der Waals surface area contributed by atoms with Crippen LogP contribution in [0.4, 0.5) is 0 Å². The molecule has 5 nitrogen and oxygen atoms in total. The average Bonchev–Trinajstić information content (AvgIpc) is 2.64. The van der Waals surface area contributed by atoms with E-state index in [-0.39, 0.29) is 6.10 Å². The van der Waals surface area contributed by atoms with Crippen molar-refractivity contribution in [2.24, 2.45) is 4.99 Å². The number of rotatable bonds is 8. The van der Waals surface area contributed by atoms with E-state index in [1.54, 1.807) is 7.11 Å². The van der Waals surface area contributed by atoms with Gasteiger partial charge in [-0.1, -0.05) is 12.1 Å². The molecule has 0 atom stereocenters. The van der Waals surface area contributed by atoms with Gasteiger partial charge in [-0.25, -0.2) is 0 Å². The van der Waals surface area contributed by atoms with E-state index >= 15 is 0 Å². The second-order valence-corrected chi connectivity index (χ2v) is 6.72. The third-order valence-corrected chi connectivity index (χ3v) is 4.68. The summed E-state index contributed by atoms with van der Waals surface area (Å²) >= 11 is 0. The van der Waals surface area contributed by atoms with E-state index in [0.717, 1.165) is 69.7 Å². The monoisotopic (exact) mass is 347 g/mol. The van der Waals surface area contributed by atoms with E-state index in [0.29, 0.717) is 6.04 Å². The summed E-state index contributed by atoms with van der Waals surface area (Å²) in [4.78, 5) is 4.70. The van der Waals surface area contributed by atoms with E-state index in [1.165, 1.54) is 5.56 Å². The molecule has 0 amide bonds. The molecule has 25 heavy (non-hydrogen) atoms. The number of benzene rings is 1. The van der Waals surface area contributed by atoms with Gasteiger partial charge in [0.25, 0.3) is 0 Å². The van der Waals surface area contributed by atoms with Gasteiger partial charge in [-0.15, -0.1) is 0 Å². The summed E-state index contributed by atoms with van der Waals surface area (Å²) in [7, 11) is 1.69. The molecular formula is C20H33N3O2. The van der Waals surface area contributed by atoms with Crippen LogP contribution in [0.5, 0.6) is 5.75 Å². The molecule has 1 aromatic rings. The van der Waals surface area contributed by atoms with Crippen molar-refractivity contribution in [3.8, 4) is 5.75 Å². The first-order chi connectivity index (χ1) is 12.2. The Morgan fingerprint density at radius 1 is 1.16 bits per heavy atom. The first kappa shape index (κ1) is 19.6. The van der Waals surface area contributed by atoms with E-state index in [4.69, 9.17) is 9.73 Å². The first-order valence-electron chi connectivity index (χ1n) is 9.57. The number of guanidine groups is 1. The van der Waals surface area contributed by atoms with Crippen molar-refractivity contribution in [1.29, 1.82) is 0 Å². The van der Waals surface area contributed by atoms with Crippen LogP contribution < -0.4 is 15.4 Å². The summed E-state index contributed by atoms with van der Waals surface area (Å²) in [6.45, 7) is 3.79. The molecule has 0 unspecified atom stereocenters. The maximum Gasteiger partial charge on any atom is 0.191 e. The molecule has 0 radical (unpaired) electrons. The number of nitrogens with one attached hydrogen (secondary N) is 2. The standard InChI is InChI=1S/C20H33N3O2/c1-3-21-20(23-17-9-11-18(24)12-10-17)22-15-5-4-6-16-7-13-19(25-2)14-8-16/h7-8,13-14,17-18,24H,3-6,9-12,15H2,1-2H3,(H2,21,22,23). The van der Waals surface area contributed by atoms with Crippen molar-refractivity contribution < 1.29 is 9.84 Å². The van der Waals surface area contributed by atoms with Gasteiger partial charge >= 0.3 is 0 Å². The molecule has 0 saturated heterocycles. The molecule has 140 valence electrons. The van der Waals surface area contributed by atoms with Crippen molar-refractivity contribution >= 4 is 5.96 Å². The van der Waals surface area contributed by atoms with Gasteiger partial charge in [0.15, 0.2) is 5.96 Å². The average molecular weight is 348 g/mol. The third kappa shape index (κ3) is 7.34. The van der Waals surface area contributed by atoms with Crippen molar-refractivity contribution in [1.82, 2.24) is 10.6 Å². The number of methoxy groups -OCH3 is 1. The molecule has 0 heterocycles. The van der Waals surface area contributed by atoms with E-state index < -0.39 is 0 Å². The van der Waals surface area contributed by atoms with Crippen LogP contribution in [0.3, 0.4) is 0 Å². The Morgan fingerprint density at radius 2 is 1.88 bits per heavy atom. The van der Waals surface area contributed by atoms with E-state index in [2.05, 4.69) is 29.7 Å². The van der Waals surface area contributed by atoms with E-state index in [9.17, 15) is 5.11 Å². The van der Waals surface area contributed by atoms with Gasteiger partial charge in [0.2, 0.25) is 0 Å². The molecule has 2 rings (SSSR count). The Kier molecular flexibility index (Phi) is 8.60. The van der Waals surface area contributed by atoms with Crippen LogP contribution in [0.1, 0.15) is 51.0 Å². The summed E-state index contributed by atoms with van der Waals surface area (Å²) in [6, 6.07) is 8.72. The van der Waals surface area contributed by atoms with Crippen LogP contribution in [0.15, 0.2) is 29.3 Å². The molecule has 0 aromatic heterocycles. The summed E-state index contributed by atoms with van der Waals surface area (Å²) in [5.41, 5.74) is 1.34. The topological polar surface area (TPSA) is 65.9 Å². The molecule has 0 aliphatic heterocycles. The number of hydrogen-bond donors (Lipinski definition) is 3. The van der Waals surface area contributed by atoms with Crippen LogP contribution in [0.25, 0.3) is 0 Å². The Labute approximate surface area is 151 Å². The highest BCUT2D eigenvalue weighted by Gasteiger charge is 2.19. The molecule has 1 aliphatic rings. The summed E-state index contributed by atoms with van der Waals surface area (Å²) < 4.78 is 5.18. The minimum atomic E-state index is -0.115. The molecule has 0 bridgehead atoms. The number of aliphatic hydroxyl groups is 1. The first-order valence-corrected chi connectivity index (χ1v) is 9.57. The van der Waals surface area contributed by atoms with Crippen molar-refractivity contribution in [3.05, 3.63) is 29.8 Å². The van der Waals surface area contributed by atoms with Crippen LogP contribution in [-0.2, 0) is 6.42 Å². The largest absolute Gasteiger partial charge is 0.497 e. The molecule has 1 aromatic carbocycles. The highest BCUT2D eigenvalue weighted by atomic mass is 16.5. The maximum absolute atomic E-state index is 9.61. The zero-order valence-electron chi connectivity index (χ0n) is 15.6. The van der Waals surface area contributed by atoms with Crippen molar-refractivity contribution in [2.45, 2.75) is 64.0 Å². The molecule has 5 heteroatoms. The maximum atomic E-state index is 9.61. The molecule has 1 fully saturated rings. The number of unbranched alkanes of at least 4 members (excludes halogenated alkanes) is 1. The lowest BCUT2D eigenvalue weighted by Crippen LogP contribution is -2.45. The normalized spacial score (nSPS) is 21.0. The van der Waals surface area contributed by atoms with Gasteiger partial charge in [-0.2, -0.15) is 0 Å². The van der Waals surface area contributed by atoms with E-state index in [1.807, 2.05) is 12.1 Å². The summed E-state index contributed by atoms with van der Waals surface area (Å²) in [6.07, 6.45) is 6.97. The van der Waals surface area contributed by atoms with Crippen molar-refractivity contribution in [3.63, 3.8) is 0 Å². The summed E-state index contributed by atoms with van der Waals surface area (Å²) in [5, 5.41) is 16.4. The highest BCUT2D eigenvalue weighted by molar-refractivity contribution is 5.80. The lowest BCUT2D eigenvalue weighted by Gasteiger charge is -2.27. The minimum Gasteiger partial charge on any atom is -0.497 e. The Morgan fingerprint density at radius 3 is 2.52 bits per heavy atom. The zero-order chi connectivity index (χ0) is 17.9. The van der Waals surface area contributed by atoms with Crippen LogP contribution >= 0.6 is 0 Å². The number of aliphatic imine (C=N–C) groups is 1. The number of aliphatic hydroxyl groups excluding tert-OH is 1. The lowest BCUT2D eigenvalue weighted by molar-refractivity contribution is 0.120. The molecule has 1 saturated carbocycles. The zero-order valence-corrected chi connectivity index (χ0v) is 15.6. The van der Waals surface area contributed by atoms with Crippen molar-refractivity contribution in [2.75, 3.05) is 20.2 Å². The fourth-order valence-electron chi connectivity index (χ4n) is 3.16. The van der Waals surface area contributed by atoms with Gasteiger partial charge in [-0.3, -0.25) is 4.99 Å². The molecule has 0 spiro atoms. The highest BCUT2D eigenvalue weighted by Crippen LogP contribution is 2.18. The van der Waals surface area contributed by atoms with Crippen LogP contribution in [-0.4, -0.2) is 43.4 Å². The van der Waals surface area contributed by atoms with Gasteiger partial charge in [-0.05, 0) is 69.6 Å². The smallest absolute Gasteiger partial charge is 0.191 e. The number of hydrogen-bond acceptors (Lipinski definition) is 3. The van der Waals surface area contributed by atoms with Gasteiger partial charge < -0.3 is 20.5 Å². The summed E-state index contributed by atoms with van der Waals surface area (Å²) in [5.74, 6) is 1.82. The molecule has 1 aliphatic carbocycles. The van der Waals surface area contributed by atoms with Gasteiger partial charge in [0.05, 0.1) is 13.2 Å². The number of nitrogens with zero attached hydrogens (tertiary/aromatic N) is 1. The Hall–Kier alpha value is -1.75. The number of ether oxygens (including phenoxy) is 1. The Bertz CT molecular complexity index is 508. The second-order valence-electron chi connectivity index (χ2n) is 6.72. The number of aryl methyl sites for hydroxylation is 1. The minimum absolute atomic E-state index is 0.115. The van der Waals surface area contributed by atoms with Gasteiger partial charge in [0.1, 0.15) is 5.75 Å². The fourth-order valence-corrected chi connectivity index (χ4v) is 3.16. The fraction of sp³-hybridized carbons (Fsp3) is 0.650. The second kappa shape index (κ2) is 11.0. The van der Waals surface area contributed by atoms with Crippen LogP contribution in [0, 0.1) is 0 Å².